The molecule has 8 nitrogen and oxygen atoms in total. The fourth-order valence-corrected chi connectivity index (χ4v) is 6.36. The summed E-state index contributed by atoms with van der Waals surface area (Å²) in [5.41, 5.74) is 20.4. The van der Waals surface area contributed by atoms with Crippen molar-refractivity contribution in [3.05, 3.63) is 71.8 Å². The summed E-state index contributed by atoms with van der Waals surface area (Å²) in [6.45, 7) is 0. The second-order valence-electron chi connectivity index (χ2n) is 11.8. The number of H-pyrrole nitrogens is 2. The van der Waals surface area contributed by atoms with Crippen LogP contribution in [0.3, 0.4) is 0 Å². The molecule has 0 bridgehead atoms. The highest BCUT2D eigenvalue weighted by molar-refractivity contribution is 6.01. The predicted octanol–water partition coefficient (Wildman–Crippen LogP) is 8.54. The third kappa shape index (κ3) is 8.15. The lowest BCUT2D eigenvalue weighted by atomic mass is 9.96. The molecule has 7 rings (SSSR count). The largest absolute Gasteiger partial charge is 0.383 e. The number of aliphatic imine (C=N–C) groups is 2. The van der Waals surface area contributed by atoms with Gasteiger partial charge in [-0.3, -0.25) is 9.98 Å². The second-order valence-corrected chi connectivity index (χ2v) is 11.8. The van der Waals surface area contributed by atoms with Crippen LogP contribution in [0.15, 0.2) is 70.6 Å². The van der Waals surface area contributed by atoms with Gasteiger partial charge in [-0.05, 0) is 62.1 Å². The van der Waals surface area contributed by atoms with Crippen molar-refractivity contribution < 1.29 is 0 Å². The number of nitrogens with zero attached hydrogens (tertiary/aromatic N) is 4. The maximum atomic E-state index is 6.39. The SMILES string of the molecule is Cl.Cl.Cl.Cl.NC(=NC1CCCCC1)c1ccc2nc(-c3ccc(-c4nc5ccc(C(N)=NC6CCCCC6)cc5[nH]4)cc3)[nH]c2c1. The normalized spacial score (nSPS) is 16.3. The molecule has 0 radical (unpaired) electrons. The van der Waals surface area contributed by atoms with E-state index in [0.717, 1.165) is 81.7 Å². The Morgan fingerprint density at radius 3 is 1.28 bits per heavy atom. The summed E-state index contributed by atoms with van der Waals surface area (Å²) in [5.74, 6) is 2.86. The van der Waals surface area contributed by atoms with Crippen molar-refractivity contribution in [3.63, 3.8) is 0 Å². The Hall–Kier alpha value is -3.30. The van der Waals surface area contributed by atoms with E-state index in [-0.39, 0.29) is 49.6 Å². The van der Waals surface area contributed by atoms with Crippen LogP contribution >= 0.6 is 49.6 Å². The first-order chi connectivity index (χ1) is 20.6. The molecule has 0 aliphatic heterocycles. The van der Waals surface area contributed by atoms with Crippen molar-refractivity contribution in [3.8, 4) is 22.8 Å². The number of nitrogens with one attached hydrogen (secondary N) is 2. The number of imidazole rings is 2. The van der Waals surface area contributed by atoms with Gasteiger partial charge in [0, 0.05) is 22.3 Å². The summed E-state index contributed by atoms with van der Waals surface area (Å²) in [6, 6.07) is 21.1. The van der Waals surface area contributed by atoms with Crippen LogP contribution in [0.4, 0.5) is 0 Å². The number of aromatic amines is 2. The topological polar surface area (TPSA) is 134 Å². The highest BCUT2D eigenvalue weighted by Crippen LogP contribution is 2.27. The summed E-state index contributed by atoms with van der Waals surface area (Å²) in [7, 11) is 0. The molecule has 246 valence electrons. The number of fused-ring (bicyclic) bond motifs is 2. The molecule has 2 heterocycles. The molecule has 0 unspecified atom stereocenters. The lowest BCUT2D eigenvalue weighted by Crippen LogP contribution is -2.19. The van der Waals surface area contributed by atoms with Gasteiger partial charge in [0.2, 0.25) is 0 Å². The molecule has 46 heavy (non-hydrogen) atoms. The molecule has 3 aromatic carbocycles. The van der Waals surface area contributed by atoms with Gasteiger partial charge in [-0.1, -0.05) is 62.8 Å². The summed E-state index contributed by atoms with van der Waals surface area (Å²) >= 11 is 0. The second kappa shape index (κ2) is 16.5. The molecular weight excluding hydrogens is 662 g/mol. The number of halogens is 4. The molecule has 5 aromatic rings. The highest BCUT2D eigenvalue weighted by Gasteiger charge is 2.15. The Morgan fingerprint density at radius 1 is 0.543 bits per heavy atom. The molecule has 0 amide bonds. The van der Waals surface area contributed by atoms with E-state index in [9.17, 15) is 0 Å². The smallest absolute Gasteiger partial charge is 0.138 e. The first kappa shape index (κ1) is 37.2. The van der Waals surface area contributed by atoms with E-state index in [1.807, 2.05) is 24.3 Å². The van der Waals surface area contributed by atoms with E-state index in [2.05, 4.69) is 46.4 Å². The Balaban J connectivity index is 0.00000144. The molecule has 0 spiro atoms. The summed E-state index contributed by atoms with van der Waals surface area (Å²) in [5, 5.41) is 0. The van der Waals surface area contributed by atoms with E-state index in [1.165, 1.54) is 38.5 Å². The molecule has 6 N–H and O–H groups in total. The minimum atomic E-state index is 0. The Bertz CT molecular complexity index is 1650. The molecule has 2 saturated carbocycles. The average molecular weight is 705 g/mol. The Morgan fingerprint density at radius 2 is 0.913 bits per heavy atom. The molecule has 12 heteroatoms. The van der Waals surface area contributed by atoms with Gasteiger partial charge in [0.25, 0.3) is 0 Å². The first-order valence-corrected chi connectivity index (χ1v) is 15.4. The van der Waals surface area contributed by atoms with E-state index >= 15 is 0 Å². The van der Waals surface area contributed by atoms with Crippen LogP contribution in [0, 0.1) is 0 Å². The van der Waals surface area contributed by atoms with Gasteiger partial charge in [-0.15, -0.1) is 49.6 Å². The number of hydrogen-bond donors (Lipinski definition) is 4. The number of benzene rings is 3. The first-order valence-electron chi connectivity index (χ1n) is 15.4. The van der Waals surface area contributed by atoms with Crippen molar-refractivity contribution in [2.24, 2.45) is 21.5 Å². The van der Waals surface area contributed by atoms with Crippen molar-refractivity contribution in [1.82, 2.24) is 19.9 Å². The van der Waals surface area contributed by atoms with Gasteiger partial charge in [0.05, 0.1) is 34.2 Å². The lowest BCUT2D eigenvalue weighted by Gasteiger charge is -2.18. The molecular formula is C34H42Cl4N8. The molecule has 2 fully saturated rings. The van der Waals surface area contributed by atoms with Crippen molar-refractivity contribution in [1.29, 1.82) is 0 Å². The summed E-state index contributed by atoms with van der Waals surface area (Å²) in [6.07, 6.45) is 12.1. The standard InChI is InChI=1S/C34H38N8.4ClH/c35-31(37-25-7-3-1-4-8-25)23-15-17-27-29(19-23)41-33(39-27)21-11-13-22(14-12-21)34-40-28-18-16-24(20-30(28)42-34)32(36)38-26-9-5-2-6-10-26;;;;/h11-20,25-26H,1-10H2,(H2,35,37)(H2,36,38)(H,39,41)(H,40,42);4*1H. The number of hydrogen-bond acceptors (Lipinski definition) is 4. The average Bonchev–Trinajstić information content (AvgIpc) is 3.66. The zero-order valence-corrected chi connectivity index (χ0v) is 28.8. The number of amidine groups is 2. The molecule has 2 aromatic heterocycles. The maximum absolute atomic E-state index is 6.39. The third-order valence-electron chi connectivity index (χ3n) is 8.78. The summed E-state index contributed by atoms with van der Waals surface area (Å²) in [4.78, 5) is 26.2. The zero-order chi connectivity index (χ0) is 28.5. The van der Waals surface area contributed by atoms with Crippen LogP contribution < -0.4 is 11.5 Å². The minimum Gasteiger partial charge on any atom is -0.383 e. The van der Waals surface area contributed by atoms with Gasteiger partial charge in [0.1, 0.15) is 23.3 Å². The molecule has 2 aliphatic carbocycles. The number of rotatable bonds is 6. The highest BCUT2D eigenvalue weighted by atomic mass is 35.5. The Labute approximate surface area is 294 Å². The van der Waals surface area contributed by atoms with Crippen molar-refractivity contribution >= 4 is 83.4 Å². The predicted molar refractivity (Wildman–Crippen MR) is 201 cm³/mol. The van der Waals surface area contributed by atoms with E-state index in [0.29, 0.717) is 23.8 Å². The van der Waals surface area contributed by atoms with Gasteiger partial charge in [-0.2, -0.15) is 0 Å². The van der Waals surface area contributed by atoms with Crippen molar-refractivity contribution in [2.75, 3.05) is 0 Å². The van der Waals surface area contributed by atoms with E-state index < -0.39 is 0 Å². The van der Waals surface area contributed by atoms with Gasteiger partial charge < -0.3 is 21.4 Å². The van der Waals surface area contributed by atoms with Crippen LogP contribution in [0.5, 0.6) is 0 Å². The lowest BCUT2D eigenvalue weighted by molar-refractivity contribution is 0.443. The number of aromatic nitrogens is 4. The quantitative estimate of drug-likeness (QED) is 0.104. The van der Waals surface area contributed by atoms with Crippen LogP contribution in [-0.4, -0.2) is 43.7 Å². The molecule has 0 atom stereocenters. The van der Waals surface area contributed by atoms with E-state index in [1.54, 1.807) is 0 Å². The zero-order valence-electron chi connectivity index (χ0n) is 25.6. The van der Waals surface area contributed by atoms with Gasteiger partial charge in [-0.25, -0.2) is 9.97 Å². The fourth-order valence-electron chi connectivity index (χ4n) is 6.36. The molecule has 0 saturated heterocycles. The van der Waals surface area contributed by atoms with Crippen molar-refractivity contribution in [2.45, 2.75) is 76.3 Å². The van der Waals surface area contributed by atoms with Crippen LogP contribution in [0.25, 0.3) is 44.8 Å². The monoisotopic (exact) mass is 702 g/mol. The fraction of sp³-hybridized carbons (Fsp3) is 0.353. The molecule has 2 aliphatic rings. The van der Waals surface area contributed by atoms with Crippen LogP contribution in [0.1, 0.15) is 75.3 Å². The van der Waals surface area contributed by atoms with Crippen LogP contribution in [0.2, 0.25) is 0 Å². The maximum Gasteiger partial charge on any atom is 0.138 e. The third-order valence-corrected chi connectivity index (χ3v) is 8.78. The number of nitrogens with two attached hydrogens (primary N) is 2. The van der Waals surface area contributed by atoms with Crippen LogP contribution in [-0.2, 0) is 0 Å². The van der Waals surface area contributed by atoms with Gasteiger partial charge in [0.15, 0.2) is 0 Å². The summed E-state index contributed by atoms with van der Waals surface area (Å²) < 4.78 is 0. The van der Waals surface area contributed by atoms with Gasteiger partial charge >= 0.3 is 0 Å². The minimum absolute atomic E-state index is 0. The Kier molecular flexibility index (Phi) is 13.3. The van der Waals surface area contributed by atoms with E-state index in [4.69, 9.17) is 31.4 Å².